The summed E-state index contributed by atoms with van der Waals surface area (Å²) in [6.07, 6.45) is 5.00. The van der Waals surface area contributed by atoms with Crippen molar-refractivity contribution in [3.8, 4) is 0 Å². The summed E-state index contributed by atoms with van der Waals surface area (Å²) in [7, 11) is 5.80. The number of rotatable bonds is 5. The number of nitrogens with one attached hydrogen (secondary N) is 2. The van der Waals surface area contributed by atoms with Crippen LogP contribution in [0.1, 0.15) is 37.3 Å². The minimum atomic E-state index is -0.196. The highest BCUT2D eigenvalue weighted by Crippen LogP contribution is 2.19. The number of benzene rings is 1. The fourth-order valence-corrected chi connectivity index (χ4v) is 2.96. The van der Waals surface area contributed by atoms with Crippen molar-refractivity contribution >= 4 is 5.96 Å². The molecular weight excluding hydrogens is 279 g/mol. The predicted octanol–water partition coefficient (Wildman–Crippen LogP) is 2.54. The van der Waals surface area contributed by atoms with Crippen LogP contribution in [0.25, 0.3) is 0 Å². The Hall–Kier alpha value is -1.62. The lowest BCUT2D eigenvalue weighted by Gasteiger charge is -2.26. The third-order valence-electron chi connectivity index (χ3n) is 4.24. The Labute approximate surface area is 132 Å². The van der Waals surface area contributed by atoms with Gasteiger partial charge in [-0.2, -0.15) is 0 Å². The van der Waals surface area contributed by atoms with Gasteiger partial charge in [0.15, 0.2) is 5.96 Å². The first kappa shape index (κ1) is 16.7. The van der Waals surface area contributed by atoms with Gasteiger partial charge in [0.2, 0.25) is 0 Å². The van der Waals surface area contributed by atoms with Crippen molar-refractivity contribution in [3.05, 3.63) is 35.6 Å². The average molecular weight is 306 g/mol. The van der Waals surface area contributed by atoms with Crippen LogP contribution < -0.4 is 10.6 Å². The molecule has 0 amide bonds. The molecule has 1 aromatic rings. The summed E-state index contributed by atoms with van der Waals surface area (Å²) in [6, 6.07) is 7.41. The van der Waals surface area contributed by atoms with E-state index in [1.165, 1.54) is 31.7 Å². The molecule has 1 saturated carbocycles. The standard InChI is InChI=1S/C17H27FN4/c1-19-17(21-15-9-4-5-10-15)20-12-16(22(2)3)13-7-6-8-14(18)11-13/h6-8,11,15-16H,4-5,9-10,12H2,1-3H3,(H2,19,20,21). The summed E-state index contributed by atoms with van der Waals surface area (Å²) in [5, 5.41) is 6.84. The maximum Gasteiger partial charge on any atom is 0.191 e. The first-order valence-electron chi connectivity index (χ1n) is 7.99. The molecule has 5 heteroatoms. The second-order valence-electron chi connectivity index (χ2n) is 6.11. The quantitative estimate of drug-likeness (QED) is 0.649. The van der Waals surface area contributed by atoms with Crippen LogP contribution >= 0.6 is 0 Å². The van der Waals surface area contributed by atoms with Crippen molar-refractivity contribution in [2.24, 2.45) is 4.99 Å². The molecule has 0 heterocycles. The highest BCUT2D eigenvalue weighted by atomic mass is 19.1. The molecule has 1 aromatic carbocycles. The summed E-state index contributed by atoms with van der Waals surface area (Å²) >= 11 is 0. The molecule has 0 spiro atoms. The molecule has 0 radical (unpaired) electrons. The van der Waals surface area contributed by atoms with Gasteiger partial charge in [-0.15, -0.1) is 0 Å². The predicted molar refractivity (Wildman–Crippen MR) is 89.6 cm³/mol. The van der Waals surface area contributed by atoms with Gasteiger partial charge in [0.05, 0.1) is 6.04 Å². The number of halogens is 1. The van der Waals surface area contributed by atoms with Gasteiger partial charge in [0, 0.05) is 19.6 Å². The highest BCUT2D eigenvalue weighted by molar-refractivity contribution is 5.80. The number of guanidine groups is 1. The third kappa shape index (κ3) is 4.70. The third-order valence-corrected chi connectivity index (χ3v) is 4.24. The van der Waals surface area contributed by atoms with Crippen LogP contribution in [0.2, 0.25) is 0 Å². The van der Waals surface area contributed by atoms with Crippen LogP contribution in [-0.4, -0.2) is 44.6 Å². The zero-order chi connectivity index (χ0) is 15.9. The Kier molecular flexibility index (Phi) is 6.19. The zero-order valence-corrected chi connectivity index (χ0v) is 13.8. The van der Waals surface area contributed by atoms with Crippen LogP contribution in [0, 0.1) is 5.82 Å². The smallest absolute Gasteiger partial charge is 0.191 e. The maximum absolute atomic E-state index is 13.5. The van der Waals surface area contributed by atoms with Crippen molar-refractivity contribution in [3.63, 3.8) is 0 Å². The summed E-state index contributed by atoms with van der Waals surface area (Å²) < 4.78 is 13.5. The summed E-state index contributed by atoms with van der Waals surface area (Å²) in [6.45, 7) is 0.683. The second kappa shape index (κ2) is 8.13. The van der Waals surface area contributed by atoms with Gasteiger partial charge >= 0.3 is 0 Å². The molecule has 0 saturated heterocycles. The van der Waals surface area contributed by atoms with Crippen molar-refractivity contribution in [1.29, 1.82) is 0 Å². The second-order valence-corrected chi connectivity index (χ2v) is 6.11. The lowest BCUT2D eigenvalue weighted by molar-refractivity contribution is 0.297. The Bertz CT molecular complexity index is 495. The Morgan fingerprint density at radius 2 is 2.09 bits per heavy atom. The molecule has 1 aliphatic rings. The Balaban J connectivity index is 1.95. The minimum absolute atomic E-state index is 0.0952. The van der Waals surface area contributed by atoms with Gasteiger partial charge in [-0.1, -0.05) is 25.0 Å². The lowest BCUT2D eigenvalue weighted by atomic mass is 10.1. The SMILES string of the molecule is CN=C(NCC(c1cccc(F)c1)N(C)C)NC1CCCC1. The Morgan fingerprint density at radius 1 is 1.36 bits per heavy atom. The van der Waals surface area contributed by atoms with E-state index in [0.717, 1.165) is 11.5 Å². The highest BCUT2D eigenvalue weighted by Gasteiger charge is 2.18. The molecule has 1 aliphatic carbocycles. The van der Waals surface area contributed by atoms with Gasteiger partial charge in [0.1, 0.15) is 5.82 Å². The van der Waals surface area contributed by atoms with E-state index in [1.807, 2.05) is 20.2 Å². The van der Waals surface area contributed by atoms with Crippen molar-refractivity contribution in [2.45, 2.75) is 37.8 Å². The van der Waals surface area contributed by atoms with Gasteiger partial charge in [-0.25, -0.2) is 4.39 Å². The van der Waals surface area contributed by atoms with Gasteiger partial charge in [-0.3, -0.25) is 4.99 Å². The molecule has 0 aromatic heterocycles. The number of likely N-dealkylation sites (N-methyl/N-ethyl adjacent to an activating group) is 1. The van der Waals surface area contributed by atoms with E-state index in [1.54, 1.807) is 19.2 Å². The molecular formula is C17H27FN4. The van der Waals surface area contributed by atoms with E-state index in [9.17, 15) is 4.39 Å². The molecule has 0 bridgehead atoms. The molecule has 0 aliphatic heterocycles. The number of nitrogens with zero attached hydrogens (tertiary/aromatic N) is 2. The maximum atomic E-state index is 13.5. The van der Waals surface area contributed by atoms with E-state index >= 15 is 0 Å². The van der Waals surface area contributed by atoms with Crippen molar-refractivity contribution in [1.82, 2.24) is 15.5 Å². The monoisotopic (exact) mass is 306 g/mol. The minimum Gasteiger partial charge on any atom is -0.354 e. The topological polar surface area (TPSA) is 39.7 Å². The van der Waals surface area contributed by atoms with E-state index in [0.29, 0.717) is 12.6 Å². The zero-order valence-electron chi connectivity index (χ0n) is 13.8. The molecule has 1 fully saturated rings. The molecule has 4 nitrogen and oxygen atoms in total. The molecule has 22 heavy (non-hydrogen) atoms. The lowest BCUT2D eigenvalue weighted by Crippen LogP contribution is -2.45. The first-order chi connectivity index (χ1) is 10.6. The number of hydrogen-bond acceptors (Lipinski definition) is 2. The molecule has 1 unspecified atom stereocenters. The van der Waals surface area contributed by atoms with Crippen LogP contribution in [0.4, 0.5) is 4.39 Å². The van der Waals surface area contributed by atoms with Crippen molar-refractivity contribution < 1.29 is 4.39 Å². The largest absolute Gasteiger partial charge is 0.354 e. The van der Waals surface area contributed by atoms with Gasteiger partial charge < -0.3 is 15.5 Å². The van der Waals surface area contributed by atoms with Gasteiger partial charge in [0.25, 0.3) is 0 Å². The molecule has 2 rings (SSSR count). The van der Waals surface area contributed by atoms with Crippen molar-refractivity contribution in [2.75, 3.05) is 27.7 Å². The van der Waals surface area contributed by atoms with Crippen LogP contribution in [0.5, 0.6) is 0 Å². The van der Waals surface area contributed by atoms with E-state index < -0.39 is 0 Å². The van der Waals surface area contributed by atoms with E-state index in [2.05, 4.69) is 20.5 Å². The first-order valence-corrected chi connectivity index (χ1v) is 7.99. The number of hydrogen-bond donors (Lipinski definition) is 2. The van der Waals surface area contributed by atoms with E-state index in [-0.39, 0.29) is 11.9 Å². The molecule has 122 valence electrons. The summed E-state index contributed by atoms with van der Waals surface area (Å²) in [5.41, 5.74) is 0.966. The molecule has 1 atom stereocenters. The summed E-state index contributed by atoms with van der Waals surface area (Å²) in [5.74, 6) is 0.632. The van der Waals surface area contributed by atoms with Crippen LogP contribution in [0.3, 0.4) is 0 Å². The fraction of sp³-hybridized carbons (Fsp3) is 0.588. The Morgan fingerprint density at radius 3 is 2.68 bits per heavy atom. The van der Waals surface area contributed by atoms with Crippen LogP contribution in [0.15, 0.2) is 29.3 Å². The average Bonchev–Trinajstić information content (AvgIpc) is 2.99. The van der Waals surface area contributed by atoms with Gasteiger partial charge in [-0.05, 0) is 44.6 Å². The van der Waals surface area contributed by atoms with E-state index in [4.69, 9.17) is 0 Å². The number of aliphatic imine (C=N–C) groups is 1. The fourth-order valence-electron chi connectivity index (χ4n) is 2.96. The molecule has 2 N–H and O–H groups in total. The summed E-state index contributed by atoms with van der Waals surface area (Å²) in [4.78, 5) is 6.38. The van der Waals surface area contributed by atoms with Crippen LogP contribution in [-0.2, 0) is 0 Å². The normalized spacial score (nSPS) is 17.8.